The molecule has 1 spiro atoms. The molecule has 0 saturated carbocycles. The van der Waals surface area contributed by atoms with E-state index in [0.717, 1.165) is 11.1 Å². The Balaban J connectivity index is 1.80. The zero-order valence-electron chi connectivity index (χ0n) is 17.7. The Labute approximate surface area is 181 Å². The molecule has 4 nitrogen and oxygen atoms in total. The van der Waals surface area contributed by atoms with Crippen molar-refractivity contribution < 1.29 is 19.1 Å². The van der Waals surface area contributed by atoms with Crippen LogP contribution in [-0.2, 0) is 9.53 Å². The summed E-state index contributed by atoms with van der Waals surface area (Å²) in [7, 11) is 0. The van der Waals surface area contributed by atoms with E-state index in [1.165, 1.54) is 0 Å². The molecule has 0 bridgehead atoms. The van der Waals surface area contributed by atoms with E-state index in [-0.39, 0.29) is 29.2 Å². The van der Waals surface area contributed by atoms with Crippen LogP contribution < -0.4 is 0 Å². The zero-order chi connectivity index (χ0) is 21.7. The van der Waals surface area contributed by atoms with Gasteiger partial charge in [-0.15, -0.1) is 0 Å². The monoisotopic (exact) mass is 422 g/mol. The van der Waals surface area contributed by atoms with E-state index in [4.69, 9.17) is 4.74 Å². The number of aryl methyl sites for hydroxylation is 1. The molecule has 0 N–H and O–H groups in total. The van der Waals surface area contributed by atoms with E-state index >= 15 is 0 Å². The molecule has 1 fully saturated rings. The van der Waals surface area contributed by atoms with Crippen LogP contribution in [0.3, 0.4) is 0 Å². The van der Waals surface area contributed by atoms with Crippen LogP contribution in [0.1, 0.15) is 64.3 Å². The minimum Gasteiger partial charge on any atom is -0.460 e. The minimum absolute atomic E-state index is 0.0536. The number of hydrogen-bond acceptors (Lipinski definition) is 5. The SMILES string of the molecule is Cc1cccc([C@@H]2SC[C@@H](CC(=O)OC(C)(C)C)C23C(=O)c2ccccc2C3=O)c1. The lowest BCUT2D eigenvalue weighted by Crippen LogP contribution is -2.43. The molecular weight excluding hydrogens is 396 g/mol. The van der Waals surface area contributed by atoms with Crippen molar-refractivity contribution >= 4 is 29.3 Å². The summed E-state index contributed by atoms with van der Waals surface area (Å²) in [6.07, 6.45) is 0.0536. The predicted molar refractivity (Wildman–Crippen MR) is 118 cm³/mol. The maximum Gasteiger partial charge on any atom is 0.306 e. The van der Waals surface area contributed by atoms with Crippen molar-refractivity contribution in [3.05, 3.63) is 70.8 Å². The second-order valence-electron chi connectivity index (χ2n) is 9.19. The first-order valence-electron chi connectivity index (χ1n) is 10.2. The van der Waals surface area contributed by atoms with Gasteiger partial charge in [-0.05, 0) is 39.0 Å². The number of fused-ring (bicyclic) bond motifs is 1. The van der Waals surface area contributed by atoms with E-state index in [0.29, 0.717) is 16.9 Å². The molecule has 1 heterocycles. The van der Waals surface area contributed by atoms with Crippen LogP contribution in [0, 0.1) is 18.3 Å². The number of hydrogen-bond donors (Lipinski definition) is 0. The Hall–Kier alpha value is -2.40. The number of ketones is 2. The van der Waals surface area contributed by atoms with Gasteiger partial charge in [0.2, 0.25) is 0 Å². The second kappa shape index (κ2) is 7.38. The van der Waals surface area contributed by atoms with Crippen LogP contribution >= 0.6 is 11.8 Å². The van der Waals surface area contributed by atoms with Gasteiger partial charge in [-0.25, -0.2) is 0 Å². The smallest absolute Gasteiger partial charge is 0.306 e. The van der Waals surface area contributed by atoms with Crippen LogP contribution in [0.15, 0.2) is 48.5 Å². The molecule has 30 heavy (non-hydrogen) atoms. The third-order valence-corrected chi connectivity index (χ3v) is 7.44. The highest BCUT2D eigenvalue weighted by Crippen LogP contribution is 2.62. The number of benzene rings is 2. The quantitative estimate of drug-likeness (QED) is 0.503. The first-order valence-corrected chi connectivity index (χ1v) is 11.3. The van der Waals surface area contributed by atoms with Crippen molar-refractivity contribution in [2.75, 3.05) is 5.75 Å². The van der Waals surface area contributed by atoms with Gasteiger partial charge in [0, 0.05) is 17.0 Å². The molecule has 1 aliphatic carbocycles. The molecule has 2 aliphatic rings. The number of ether oxygens (including phenoxy) is 1. The third kappa shape index (κ3) is 3.29. The van der Waals surface area contributed by atoms with Crippen molar-refractivity contribution in [3.8, 4) is 0 Å². The Kier molecular flexibility index (Phi) is 5.13. The van der Waals surface area contributed by atoms with Gasteiger partial charge in [0.25, 0.3) is 0 Å². The van der Waals surface area contributed by atoms with Crippen LogP contribution in [-0.4, -0.2) is 28.9 Å². The van der Waals surface area contributed by atoms with Crippen LogP contribution in [0.4, 0.5) is 0 Å². The molecule has 0 radical (unpaired) electrons. The van der Waals surface area contributed by atoms with E-state index in [2.05, 4.69) is 0 Å². The van der Waals surface area contributed by atoms with Crippen molar-refractivity contribution in [2.24, 2.45) is 11.3 Å². The van der Waals surface area contributed by atoms with Gasteiger partial charge in [0.1, 0.15) is 11.0 Å². The van der Waals surface area contributed by atoms with Crippen LogP contribution in [0.5, 0.6) is 0 Å². The zero-order valence-corrected chi connectivity index (χ0v) is 18.5. The largest absolute Gasteiger partial charge is 0.460 e. The Morgan fingerprint density at radius 1 is 1.07 bits per heavy atom. The average molecular weight is 423 g/mol. The van der Waals surface area contributed by atoms with Gasteiger partial charge in [-0.1, -0.05) is 54.1 Å². The lowest BCUT2D eigenvalue weighted by atomic mass is 9.67. The summed E-state index contributed by atoms with van der Waals surface area (Å²) < 4.78 is 5.54. The molecule has 0 aromatic heterocycles. The molecule has 1 saturated heterocycles. The highest BCUT2D eigenvalue weighted by Gasteiger charge is 2.65. The van der Waals surface area contributed by atoms with Gasteiger partial charge in [-0.2, -0.15) is 11.8 Å². The van der Waals surface area contributed by atoms with Gasteiger partial charge in [-0.3, -0.25) is 14.4 Å². The van der Waals surface area contributed by atoms with E-state index in [1.54, 1.807) is 36.0 Å². The fourth-order valence-electron chi connectivity index (χ4n) is 4.72. The molecular formula is C25H26O4S. The van der Waals surface area contributed by atoms with Crippen molar-refractivity contribution in [1.82, 2.24) is 0 Å². The summed E-state index contributed by atoms with van der Waals surface area (Å²) in [4.78, 5) is 40.3. The molecule has 156 valence electrons. The second-order valence-corrected chi connectivity index (χ2v) is 10.3. The maximum atomic E-state index is 13.8. The summed E-state index contributed by atoms with van der Waals surface area (Å²) in [5, 5.41) is -0.322. The molecule has 2 aromatic rings. The number of Topliss-reactive ketones (excluding diaryl/α,β-unsaturated/α-hetero) is 2. The van der Waals surface area contributed by atoms with Crippen LogP contribution in [0.2, 0.25) is 0 Å². The van der Waals surface area contributed by atoms with E-state index in [9.17, 15) is 14.4 Å². The van der Waals surface area contributed by atoms with E-state index < -0.39 is 16.9 Å². The van der Waals surface area contributed by atoms with Crippen LogP contribution in [0.25, 0.3) is 0 Å². The Bertz CT molecular complexity index is 998. The first kappa shape index (κ1) is 20.9. The number of thioether (sulfide) groups is 1. The molecule has 4 rings (SSSR count). The first-order chi connectivity index (χ1) is 14.1. The molecule has 0 amide bonds. The lowest BCUT2D eigenvalue weighted by Gasteiger charge is -2.33. The van der Waals surface area contributed by atoms with Crippen molar-refractivity contribution in [1.29, 1.82) is 0 Å². The standard InChI is InChI=1S/C25H26O4S/c1-15-8-7-9-16(12-15)23-25(17(14-30-23)13-20(26)29-24(2,3)4)21(27)18-10-5-6-11-19(18)22(25)28/h5-12,17,23H,13-14H2,1-4H3/t17-,23+/m1/s1. The minimum atomic E-state index is -1.26. The predicted octanol–water partition coefficient (Wildman–Crippen LogP) is 5.20. The van der Waals surface area contributed by atoms with Crippen molar-refractivity contribution in [3.63, 3.8) is 0 Å². The topological polar surface area (TPSA) is 60.4 Å². The highest BCUT2D eigenvalue weighted by molar-refractivity contribution is 7.99. The summed E-state index contributed by atoms with van der Waals surface area (Å²) in [5.74, 6) is -0.533. The van der Waals surface area contributed by atoms with E-state index in [1.807, 2.05) is 52.0 Å². The number of carbonyl (C=O) groups is 3. The molecule has 2 aromatic carbocycles. The third-order valence-electron chi connectivity index (χ3n) is 5.87. The summed E-state index contributed by atoms with van der Waals surface area (Å²) in [6.45, 7) is 7.46. The van der Waals surface area contributed by atoms with Gasteiger partial charge in [0.05, 0.1) is 11.7 Å². The number of carbonyl (C=O) groups excluding carboxylic acids is 3. The fourth-order valence-corrected chi connectivity index (χ4v) is 6.54. The molecule has 0 unspecified atom stereocenters. The Morgan fingerprint density at radius 2 is 1.70 bits per heavy atom. The number of esters is 1. The highest BCUT2D eigenvalue weighted by atomic mass is 32.2. The summed E-state index contributed by atoms with van der Waals surface area (Å²) >= 11 is 1.60. The summed E-state index contributed by atoms with van der Waals surface area (Å²) in [5.41, 5.74) is 1.10. The normalized spacial score (nSPS) is 22.4. The maximum absolute atomic E-state index is 13.8. The van der Waals surface area contributed by atoms with Gasteiger partial charge >= 0.3 is 5.97 Å². The average Bonchev–Trinajstić information content (AvgIpc) is 3.14. The molecule has 1 aliphatic heterocycles. The number of rotatable bonds is 3. The fraction of sp³-hybridized carbons (Fsp3) is 0.400. The lowest BCUT2D eigenvalue weighted by molar-refractivity contribution is -0.156. The van der Waals surface area contributed by atoms with Crippen molar-refractivity contribution in [2.45, 2.75) is 45.0 Å². The molecule has 2 atom stereocenters. The Morgan fingerprint density at radius 3 is 2.27 bits per heavy atom. The molecule has 5 heteroatoms. The summed E-state index contributed by atoms with van der Waals surface area (Å²) in [6, 6.07) is 15.0. The van der Waals surface area contributed by atoms with Gasteiger partial charge in [0.15, 0.2) is 11.6 Å². The van der Waals surface area contributed by atoms with Gasteiger partial charge < -0.3 is 4.74 Å².